The number of thioether (sulfide) groups is 1. The van der Waals surface area contributed by atoms with Crippen molar-refractivity contribution in [2.45, 2.75) is 19.9 Å². The van der Waals surface area contributed by atoms with Crippen LogP contribution >= 0.6 is 23.4 Å². The van der Waals surface area contributed by atoms with Gasteiger partial charge in [-0.2, -0.15) is 0 Å². The van der Waals surface area contributed by atoms with Gasteiger partial charge in [0.2, 0.25) is 0 Å². The zero-order valence-corrected chi connectivity index (χ0v) is 11.6. The van der Waals surface area contributed by atoms with Crippen molar-refractivity contribution < 1.29 is 4.74 Å². The molecule has 1 aromatic carbocycles. The molecule has 1 rings (SSSR count). The van der Waals surface area contributed by atoms with Gasteiger partial charge in [0.15, 0.2) is 5.17 Å². The Morgan fingerprint density at radius 1 is 1.47 bits per heavy atom. The van der Waals surface area contributed by atoms with Gasteiger partial charge in [0, 0.05) is 11.8 Å². The van der Waals surface area contributed by atoms with E-state index in [0.717, 1.165) is 5.75 Å². The normalized spacial score (nSPS) is 11.9. The van der Waals surface area contributed by atoms with E-state index in [1.54, 1.807) is 6.07 Å². The quantitative estimate of drug-likeness (QED) is 0.509. The predicted molar refractivity (Wildman–Crippen MR) is 76.2 cm³/mol. The van der Waals surface area contributed by atoms with E-state index in [1.165, 1.54) is 11.8 Å². The average molecular weight is 273 g/mol. The summed E-state index contributed by atoms with van der Waals surface area (Å²) in [7, 11) is 0. The number of nitrogens with two attached hydrogens (primary N) is 1. The van der Waals surface area contributed by atoms with Gasteiger partial charge in [-0.15, -0.1) is 0 Å². The van der Waals surface area contributed by atoms with Crippen LogP contribution in [-0.2, 0) is 0 Å². The lowest BCUT2D eigenvalue weighted by Crippen LogP contribution is -2.12. The molecule has 0 aliphatic carbocycles. The lowest BCUT2D eigenvalue weighted by molar-refractivity contribution is 0.344. The lowest BCUT2D eigenvalue weighted by atomic mass is 10.3. The van der Waals surface area contributed by atoms with Gasteiger partial charge in [0.1, 0.15) is 5.75 Å². The number of benzene rings is 1. The highest BCUT2D eigenvalue weighted by atomic mass is 35.5. The number of aliphatic imine (C=N–C) groups is 1. The second-order valence-electron chi connectivity index (χ2n) is 3.69. The summed E-state index contributed by atoms with van der Waals surface area (Å²) in [5.74, 6) is 1.46. The summed E-state index contributed by atoms with van der Waals surface area (Å²) in [6, 6.07) is 7.64. The van der Waals surface area contributed by atoms with Gasteiger partial charge < -0.3 is 10.5 Å². The topological polar surface area (TPSA) is 47.6 Å². The molecule has 1 aromatic rings. The fraction of sp³-hybridized carbons (Fsp3) is 0.417. The number of ether oxygens (including phenoxy) is 1. The molecule has 94 valence electrons. The van der Waals surface area contributed by atoms with Crippen LogP contribution in [0.4, 0.5) is 0 Å². The van der Waals surface area contributed by atoms with Crippen LogP contribution in [0.15, 0.2) is 29.3 Å². The highest BCUT2D eigenvalue weighted by Gasteiger charge is 2.00. The molecule has 0 fully saturated rings. The Morgan fingerprint density at radius 2 is 2.18 bits per heavy atom. The molecule has 0 saturated heterocycles. The van der Waals surface area contributed by atoms with E-state index in [1.807, 2.05) is 32.0 Å². The Balaban J connectivity index is 2.27. The van der Waals surface area contributed by atoms with Crippen molar-refractivity contribution in [1.29, 1.82) is 0 Å². The van der Waals surface area contributed by atoms with Crippen LogP contribution in [0.25, 0.3) is 0 Å². The van der Waals surface area contributed by atoms with Gasteiger partial charge in [-0.05, 0) is 26.0 Å². The molecule has 17 heavy (non-hydrogen) atoms. The SMILES string of the molecule is CC(C)N=C(N)SCCOc1ccccc1Cl. The minimum atomic E-state index is 0.229. The first-order chi connectivity index (χ1) is 8.09. The third kappa shape index (κ3) is 5.84. The number of hydrogen-bond donors (Lipinski definition) is 1. The van der Waals surface area contributed by atoms with E-state index in [2.05, 4.69) is 4.99 Å². The van der Waals surface area contributed by atoms with Gasteiger partial charge in [-0.25, -0.2) is 0 Å². The molecule has 0 amide bonds. The monoisotopic (exact) mass is 272 g/mol. The summed E-state index contributed by atoms with van der Waals surface area (Å²) in [6.07, 6.45) is 0. The summed E-state index contributed by atoms with van der Waals surface area (Å²) in [5, 5.41) is 1.23. The second-order valence-corrected chi connectivity index (χ2v) is 5.21. The smallest absolute Gasteiger partial charge is 0.154 e. The van der Waals surface area contributed by atoms with E-state index in [9.17, 15) is 0 Å². The van der Waals surface area contributed by atoms with Gasteiger partial charge in [0.05, 0.1) is 11.6 Å². The Kier molecular flexibility index (Phi) is 6.22. The zero-order chi connectivity index (χ0) is 12.7. The molecule has 0 atom stereocenters. The molecule has 0 heterocycles. The summed E-state index contributed by atoms with van der Waals surface area (Å²) in [5.41, 5.74) is 5.72. The molecule has 0 aromatic heterocycles. The van der Waals surface area contributed by atoms with Crippen LogP contribution in [0.2, 0.25) is 5.02 Å². The van der Waals surface area contributed by atoms with Crippen molar-refractivity contribution in [2.75, 3.05) is 12.4 Å². The Labute approximate surface area is 111 Å². The average Bonchev–Trinajstić information content (AvgIpc) is 2.25. The summed E-state index contributed by atoms with van der Waals surface area (Å²) >= 11 is 7.44. The number of hydrogen-bond acceptors (Lipinski definition) is 3. The Morgan fingerprint density at radius 3 is 2.82 bits per heavy atom. The molecule has 0 bridgehead atoms. The van der Waals surface area contributed by atoms with Crippen molar-refractivity contribution in [2.24, 2.45) is 10.7 Å². The minimum absolute atomic E-state index is 0.229. The van der Waals surface area contributed by atoms with Crippen LogP contribution < -0.4 is 10.5 Å². The van der Waals surface area contributed by atoms with Crippen LogP contribution in [0, 0.1) is 0 Å². The van der Waals surface area contributed by atoms with Crippen LogP contribution in [-0.4, -0.2) is 23.6 Å². The lowest BCUT2D eigenvalue weighted by Gasteiger charge is -2.07. The molecule has 0 radical (unpaired) electrons. The zero-order valence-electron chi connectivity index (χ0n) is 10.0. The third-order valence-electron chi connectivity index (χ3n) is 1.81. The fourth-order valence-corrected chi connectivity index (χ4v) is 2.00. The van der Waals surface area contributed by atoms with Crippen molar-refractivity contribution >= 4 is 28.5 Å². The molecule has 0 aliphatic rings. The van der Waals surface area contributed by atoms with E-state index >= 15 is 0 Å². The second kappa shape index (κ2) is 7.45. The molecule has 0 aliphatic heterocycles. The van der Waals surface area contributed by atoms with Gasteiger partial charge in [0.25, 0.3) is 0 Å². The van der Waals surface area contributed by atoms with E-state index in [4.69, 9.17) is 22.1 Å². The highest BCUT2D eigenvalue weighted by Crippen LogP contribution is 2.23. The molecule has 2 N–H and O–H groups in total. The van der Waals surface area contributed by atoms with Crippen LogP contribution in [0.1, 0.15) is 13.8 Å². The molecule has 0 saturated carbocycles. The maximum atomic E-state index is 5.95. The highest BCUT2D eigenvalue weighted by molar-refractivity contribution is 8.13. The van der Waals surface area contributed by atoms with E-state index < -0.39 is 0 Å². The molecular formula is C12H17ClN2OS. The number of rotatable bonds is 5. The molecule has 3 nitrogen and oxygen atoms in total. The third-order valence-corrected chi connectivity index (χ3v) is 2.90. The molecule has 0 spiro atoms. The van der Waals surface area contributed by atoms with Crippen molar-refractivity contribution in [3.63, 3.8) is 0 Å². The molecular weight excluding hydrogens is 256 g/mol. The number of nitrogens with zero attached hydrogens (tertiary/aromatic N) is 1. The first-order valence-electron chi connectivity index (χ1n) is 5.43. The summed E-state index contributed by atoms with van der Waals surface area (Å²) < 4.78 is 5.53. The van der Waals surface area contributed by atoms with Gasteiger partial charge >= 0.3 is 0 Å². The fourth-order valence-electron chi connectivity index (χ4n) is 1.15. The van der Waals surface area contributed by atoms with Crippen molar-refractivity contribution in [1.82, 2.24) is 0 Å². The predicted octanol–water partition coefficient (Wildman–Crippen LogP) is 3.18. The Bertz CT molecular complexity index is 383. The minimum Gasteiger partial charge on any atom is -0.491 e. The first-order valence-corrected chi connectivity index (χ1v) is 6.79. The maximum Gasteiger partial charge on any atom is 0.154 e. The van der Waals surface area contributed by atoms with Crippen molar-refractivity contribution in [3.8, 4) is 5.75 Å². The first kappa shape index (κ1) is 14.2. The largest absolute Gasteiger partial charge is 0.491 e. The number of para-hydroxylation sites is 1. The van der Waals surface area contributed by atoms with Gasteiger partial charge in [-0.3, -0.25) is 4.99 Å². The molecule has 5 heteroatoms. The Hall–Kier alpha value is -0.870. The van der Waals surface area contributed by atoms with E-state index in [0.29, 0.717) is 22.5 Å². The van der Waals surface area contributed by atoms with Crippen molar-refractivity contribution in [3.05, 3.63) is 29.3 Å². The summed E-state index contributed by atoms with van der Waals surface area (Å²) in [6.45, 7) is 4.55. The van der Waals surface area contributed by atoms with Crippen LogP contribution in [0.3, 0.4) is 0 Å². The summed E-state index contributed by atoms with van der Waals surface area (Å²) in [4.78, 5) is 4.22. The number of amidine groups is 1. The molecule has 0 unspecified atom stereocenters. The van der Waals surface area contributed by atoms with Gasteiger partial charge in [-0.1, -0.05) is 35.5 Å². The maximum absolute atomic E-state index is 5.95. The number of halogens is 1. The van der Waals surface area contributed by atoms with E-state index in [-0.39, 0.29) is 6.04 Å². The standard InChI is InChI=1S/C12H17ClN2OS/c1-9(2)15-12(14)17-8-7-16-11-6-4-3-5-10(11)13/h3-6,9H,7-8H2,1-2H3,(H2,14,15). The van der Waals surface area contributed by atoms with Crippen LogP contribution in [0.5, 0.6) is 5.75 Å².